The van der Waals surface area contributed by atoms with E-state index in [0.29, 0.717) is 13.0 Å². The van der Waals surface area contributed by atoms with E-state index in [-0.39, 0.29) is 11.8 Å². The Morgan fingerprint density at radius 1 is 1.10 bits per heavy atom. The van der Waals surface area contributed by atoms with Gasteiger partial charge in [0.1, 0.15) is 0 Å². The fourth-order valence-corrected chi connectivity index (χ4v) is 2.52. The van der Waals surface area contributed by atoms with Gasteiger partial charge in [-0.1, -0.05) is 42.5 Å². The van der Waals surface area contributed by atoms with Crippen molar-refractivity contribution in [1.82, 2.24) is 5.32 Å². The minimum Gasteiger partial charge on any atom is -0.481 e. The number of hydrogen-bond donors (Lipinski definition) is 2. The molecular weight excluding hydrogens is 254 g/mol. The van der Waals surface area contributed by atoms with Crippen LogP contribution in [-0.2, 0) is 16.1 Å². The lowest BCUT2D eigenvalue weighted by molar-refractivity contribution is -0.140. The van der Waals surface area contributed by atoms with Crippen molar-refractivity contribution in [2.24, 2.45) is 11.8 Å². The van der Waals surface area contributed by atoms with Crippen molar-refractivity contribution in [3.8, 4) is 0 Å². The number of carboxylic acid groups (broad SMARTS) is 1. The van der Waals surface area contributed by atoms with Gasteiger partial charge in [0.05, 0.1) is 11.8 Å². The molecule has 0 radical (unpaired) electrons. The van der Waals surface area contributed by atoms with E-state index >= 15 is 0 Å². The number of nitrogens with one attached hydrogen (secondary N) is 1. The zero-order valence-corrected chi connectivity index (χ0v) is 10.9. The Kier molecular flexibility index (Phi) is 3.14. The van der Waals surface area contributed by atoms with Crippen molar-refractivity contribution in [2.45, 2.75) is 13.0 Å². The molecule has 1 saturated carbocycles. The van der Waals surface area contributed by atoms with Gasteiger partial charge in [-0.25, -0.2) is 0 Å². The summed E-state index contributed by atoms with van der Waals surface area (Å²) in [6, 6.07) is 14.0. The van der Waals surface area contributed by atoms with Gasteiger partial charge < -0.3 is 10.4 Å². The van der Waals surface area contributed by atoms with Gasteiger partial charge >= 0.3 is 5.97 Å². The van der Waals surface area contributed by atoms with Crippen LogP contribution in [0.5, 0.6) is 0 Å². The molecule has 0 spiro atoms. The molecule has 4 heteroatoms. The Morgan fingerprint density at radius 3 is 2.60 bits per heavy atom. The van der Waals surface area contributed by atoms with Gasteiger partial charge in [-0.3, -0.25) is 9.59 Å². The molecule has 0 saturated heterocycles. The van der Waals surface area contributed by atoms with Gasteiger partial charge in [-0.2, -0.15) is 0 Å². The molecule has 0 aliphatic heterocycles. The van der Waals surface area contributed by atoms with E-state index in [2.05, 4.69) is 5.32 Å². The summed E-state index contributed by atoms with van der Waals surface area (Å²) >= 11 is 0. The standard InChI is InChI=1S/C16H15NO3/c18-15(13-8-14(13)16(19)20)17-9-11-6-3-5-10-4-1-2-7-12(10)11/h1-7,13-14H,8-9H2,(H,17,18)(H,19,20)/t13-,14+/m1/s1. The number of aliphatic carboxylic acids is 1. The Labute approximate surface area is 116 Å². The van der Waals surface area contributed by atoms with E-state index in [1.807, 2.05) is 42.5 Å². The summed E-state index contributed by atoms with van der Waals surface area (Å²) in [5.41, 5.74) is 1.05. The second-order valence-electron chi connectivity index (χ2n) is 5.14. The van der Waals surface area contributed by atoms with E-state index in [9.17, 15) is 9.59 Å². The van der Waals surface area contributed by atoms with Gasteiger partial charge in [0.2, 0.25) is 5.91 Å². The van der Waals surface area contributed by atoms with Gasteiger partial charge in [0.15, 0.2) is 0 Å². The van der Waals surface area contributed by atoms with Crippen LogP contribution in [0, 0.1) is 11.8 Å². The van der Waals surface area contributed by atoms with Crippen LogP contribution in [0.15, 0.2) is 42.5 Å². The molecule has 20 heavy (non-hydrogen) atoms. The molecule has 2 aromatic carbocycles. The summed E-state index contributed by atoms with van der Waals surface area (Å²) in [5.74, 6) is -1.90. The molecule has 2 aromatic rings. The second kappa shape index (κ2) is 4.96. The lowest BCUT2D eigenvalue weighted by atomic mass is 10.0. The Bertz CT molecular complexity index is 675. The molecule has 0 bridgehead atoms. The summed E-state index contributed by atoms with van der Waals surface area (Å²) in [4.78, 5) is 22.6. The monoisotopic (exact) mass is 269 g/mol. The summed E-state index contributed by atoms with van der Waals surface area (Å²) in [5, 5.41) is 13.9. The average molecular weight is 269 g/mol. The Morgan fingerprint density at radius 2 is 1.85 bits per heavy atom. The van der Waals surface area contributed by atoms with E-state index in [1.54, 1.807) is 0 Å². The van der Waals surface area contributed by atoms with Gasteiger partial charge in [0.25, 0.3) is 0 Å². The molecule has 2 atom stereocenters. The van der Waals surface area contributed by atoms with Gasteiger partial charge in [0, 0.05) is 6.54 Å². The maximum atomic E-state index is 11.9. The SMILES string of the molecule is O=C(O)[C@H]1C[C@H]1C(=O)NCc1cccc2ccccc12. The quantitative estimate of drug-likeness (QED) is 0.894. The smallest absolute Gasteiger partial charge is 0.307 e. The number of rotatable bonds is 4. The minimum absolute atomic E-state index is 0.162. The molecule has 1 amide bonds. The van der Waals surface area contributed by atoms with Crippen LogP contribution in [0.2, 0.25) is 0 Å². The van der Waals surface area contributed by atoms with E-state index in [4.69, 9.17) is 5.11 Å². The summed E-state index contributed by atoms with van der Waals surface area (Å²) in [7, 11) is 0. The normalized spacial score (nSPS) is 20.6. The summed E-state index contributed by atoms with van der Waals surface area (Å²) in [6.07, 6.45) is 0.455. The third kappa shape index (κ3) is 2.37. The van der Waals surface area contributed by atoms with E-state index in [1.165, 1.54) is 0 Å². The van der Waals surface area contributed by atoms with E-state index < -0.39 is 11.9 Å². The zero-order valence-electron chi connectivity index (χ0n) is 10.9. The second-order valence-corrected chi connectivity index (χ2v) is 5.14. The molecule has 3 rings (SSSR count). The summed E-state index contributed by atoms with van der Waals surface area (Å²) < 4.78 is 0. The molecular formula is C16H15NO3. The first-order valence-corrected chi connectivity index (χ1v) is 6.64. The number of hydrogen-bond acceptors (Lipinski definition) is 2. The predicted molar refractivity (Wildman–Crippen MR) is 75.0 cm³/mol. The van der Waals surface area contributed by atoms with Crippen molar-refractivity contribution >= 4 is 22.6 Å². The van der Waals surface area contributed by atoms with Crippen LogP contribution in [0.4, 0.5) is 0 Å². The highest BCUT2D eigenvalue weighted by molar-refractivity contribution is 5.90. The highest BCUT2D eigenvalue weighted by Gasteiger charge is 2.48. The van der Waals surface area contributed by atoms with E-state index in [0.717, 1.165) is 16.3 Å². The van der Waals surface area contributed by atoms with Crippen molar-refractivity contribution in [1.29, 1.82) is 0 Å². The van der Waals surface area contributed by atoms with Gasteiger partial charge in [-0.15, -0.1) is 0 Å². The molecule has 0 aromatic heterocycles. The number of fused-ring (bicyclic) bond motifs is 1. The first kappa shape index (κ1) is 12.7. The van der Waals surface area contributed by atoms with Crippen molar-refractivity contribution in [3.05, 3.63) is 48.0 Å². The maximum Gasteiger partial charge on any atom is 0.307 e. The molecule has 2 N–H and O–H groups in total. The van der Waals surface area contributed by atoms with Crippen LogP contribution in [0.1, 0.15) is 12.0 Å². The first-order chi connectivity index (χ1) is 9.66. The highest BCUT2D eigenvalue weighted by Crippen LogP contribution is 2.38. The average Bonchev–Trinajstić information content (AvgIpc) is 3.25. The summed E-state index contributed by atoms with van der Waals surface area (Å²) in [6.45, 7) is 0.434. The number of carbonyl (C=O) groups excluding carboxylic acids is 1. The molecule has 102 valence electrons. The minimum atomic E-state index is -0.879. The molecule has 1 aliphatic carbocycles. The fourth-order valence-electron chi connectivity index (χ4n) is 2.52. The maximum absolute atomic E-state index is 11.9. The van der Waals surface area contributed by atoms with Crippen LogP contribution in [0.25, 0.3) is 10.8 Å². The molecule has 0 unspecified atom stereocenters. The Hall–Kier alpha value is -2.36. The number of amides is 1. The molecule has 1 aliphatic rings. The van der Waals surface area contributed by atoms with Crippen LogP contribution in [0.3, 0.4) is 0 Å². The predicted octanol–water partition coefficient (Wildman–Crippen LogP) is 2.18. The third-order valence-electron chi connectivity index (χ3n) is 3.78. The van der Waals surface area contributed by atoms with Crippen molar-refractivity contribution in [3.63, 3.8) is 0 Å². The zero-order chi connectivity index (χ0) is 14.1. The van der Waals surface area contributed by atoms with Gasteiger partial charge in [-0.05, 0) is 22.8 Å². The molecule has 0 heterocycles. The number of carbonyl (C=O) groups is 2. The highest BCUT2D eigenvalue weighted by atomic mass is 16.4. The number of benzene rings is 2. The topological polar surface area (TPSA) is 66.4 Å². The van der Waals surface area contributed by atoms with Crippen LogP contribution >= 0.6 is 0 Å². The largest absolute Gasteiger partial charge is 0.481 e. The third-order valence-corrected chi connectivity index (χ3v) is 3.78. The van der Waals surface area contributed by atoms with Crippen molar-refractivity contribution < 1.29 is 14.7 Å². The lowest BCUT2D eigenvalue weighted by Crippen LogP contribution is -2.26. The molecule has 4 nitrogen and oxygen atoms in total. The number of carboxylic acids is 1. The van der Waals surface area contributed by atoms with Crippen LogP contribution < -0.4 is 5.32 Å². The fraction of sp³-hybridized carbons (Fsp3) is 0.250. The molecule has 1 fully saturated rings. The Balaban J connectivity index is 1.69. The first-order valence-electron chi connectivity index (χ1n) is 6.64. The van der Waals surface area contributed by atoms with Crippen molar-refractivity contribution in [2.75, 3.05) is 0 Å². The van der Waals surface area contributed by atoms with Crippen LogP contribution in [-0.4, -0.2) is 17.0 Å². The lowest BCUT2D eigenvalue weighted by Gasteiger charge is -2.08.